The van der Waals surface area contributed by atoms with Gasteiger partial charge in [0.05, 0.1) is 6.54 Å². The minimum atomic E-state index is -0.361. The Morgan fingerprint density at radius 2 is 2.20 bits per heavy atom. The summed E-state index contributed by atoms with van der Waals surface area (Å²) in [4.78, 5) is 11.6. The molecule has 0 saturated heterocycles. The standard InChI is InChI=1S/C13H13N5O2/c1-20-9-12(19)15-13-11(7-14)16-17-18(13)8-10-5-3-2-4-6-10/h2-6H,8-9H2,1H3,(H,15,19). The van der Waals surface area contributed by atoms with Gasteiger partial charge >= 0.3 is 0 Å². The van der Waals surface area contributed by atoms with Gasteiger partial charge in [-0.3, -0.25) is 4.79 Å². The first-order chi connectivity index (χ1) is 9.74. The summed E-state index contributed by atoms with van der Waals surface area (Å²) in [5.41, 5.74) is 1.06. The predicted octanol–water partition coefficient (Wildman–Crippen LogP) is 0.783. The third-order valence-electron chi connectivity index (χ3n) is 2.55. The van der Waals surface area contributed by atoms with Crippen molar-refractivity contribution in [2.75, 3.05) is 19.0 Å². The molecule has 0 saturated carbocycles. The van der Waals surface area contributed by atoms with Crippen molar-refractivity contribution in [2.24, 2.45) is 0 Å². The number of nitrogens with zero attached hydrogens (tertiary/aromatic N) is 4. The number of amides is 1. The van der Waals surface area contributed by atoms with Gasteiger partial charge in [-0.1, -0.05) is 35.5 Å². The van der Waals surface area contributed by atoms with Crippen LogP contribution in [0, 0.1) is 11.3 Å². The third-order valence-corrected chi connectivity index (χ3v) is 2.55. The van der Waals surface area contributed by atoms with Crippen LogP contribution in [-0.4, -0.2) is 34.6 Å². The Morgan fingerprint density at radius 3 is 2.85 bits per heavy atom. The number of anilines is 1. The second kappa shape index (κ2) is 6.45. The number of hydrogen-bond donors (Lipinski definition) is 1. The monoisotopic (exact) mass is 271 g/mol. The van der Waals surface area contributed by atoms with Crippen LogP contribution in [0.3, 0.4) is 0 Å². The summed E-state index contributed by atoms with van der Waals surface area (Å²) in [6, 6.07) is 11.5. The number of carbonyl (C=O) groups excluding carboxylic acids is 1. The van der Waals surface area contributed by atoms with Crippen LogP contribution in [0.1, 0.15) is 11.3 Å². The fraction of sp³-hybridized carbons (Fsp3) is 0.231. The number of nitrogens with one attached hydrogen (secondary N) is 1. The lowest BCUT2D eigenvalue weighted by Crippen LogP contribution is -2.20. The summed E-state index contributed by atoms with van der Waals surface area (Å²) in [6.45, 7) is 0.319. The van der Waals surface area contributed by atoms with Crippen LogP contribution in [0.2, 0.25) is 0 Å². The number of methoxy groups -OCH3 is 1. The van der Waals surface area contributed by atoms with E-state index in [-0.39, 0.29) is 24.0 Å². The van der Waals surface area contributed by atoms with E-state index >= 15 is 0 Å². The lowest BCUT2D eigenvalue weighted by Gasteiger charge is -2.07. The van der Waals surface area contributed by atoms with E-state index in [1.807, 2.05) is 36.4 Å². The summed E-state index contributed by atoms with van der Waals surface area (Å²) in [5.74, 6) is -0.0842. The van der Waals surface area contributed by atoms with Crippen LogP contribution < -0.4 is 5.32 Å². The van der Waals surface area contributed by atoms with Crippen LogP contribution >= 0.6 is 0 Å². The zero-order valence-corrected chi connectivity index (χ0v) is 10.9. The molecule has 1 amide bonds. The average Bonchev–Trinajstić information content (AvgIpc) is 2.82. The molecule has 102 valence electrons. The molecule has 0 aliphatic heterocycles. The van der Waals surface area contributed by atoms with Crippen LogP contribution in [0.25, 0.3) is 0 Å². The van der Waals surface area contributed by atoms with E-state index in [1.165, 1.54) is 11.8 Å². The minimum absolute atomic E-state index is 0.0744. The van der Waals surface area contributed by atoms with Crippen LogP contribution in [0.15, 0.2) is 30.3 Å². The summed E-state index contributed by atoms with van der Waals surface area (Å²) in [7, 11) is 1.42. The molecule has 0 unspecified atom stereocenters. The van der Waals surface area contributed by atoms with Gasteiger partial charge in [-0.05, 0) is 5.56 Å². The van der Waals surface area contributed by atoms with Crippen molar-refractivity contribution in [3.63, 3.8) is 0 Å². The van der Waals surface area contributed by atoms with Crippen molar-refractivity contribution in [3.8, 4) is 6.07 Å². The first-order valence-electron chi connectivity index (χ1n) is 5.91. The van der Waals surface area contributed by atoms with Crippen LogP contribution in [-0.2, 0) is 16.1 Å². The van der Waals surface area contributed by atoms with Gasteiger partial charge < -0.3 is 10.1 Å². The molecule has 0 aliphatic rings. The number of hydrogen-bond acceptors (Lipinski definition) is 5. The van der Waals surface area contributed by atoms with Gasteiger partial charge in [0.1, 0.15) is 12.7 Å². The molecule has 0 atom stereocenters. The first-order valence-corrected chi connectivity index (χ1v) is 5.91. The molecule has 7 nitrogen and oxygen atoms in total. The van der Waals surface area contributed by atoms with Gasteiger partial charge in [-0.2, -0.15) is 5.26 Å². The number of aromatic nitrogens is 3. The molecule has 2 aromatic rings. The Hall–Kier alpha value is -2.72. The predicted molar refractivity (Wildman–Crippen MR) is 70.8 cm³/mol. The van der Waals surface area contributed by atoms with Crippen molar-refractivity contribution in [2.45, 2.75) is 6.54 Å². The summed E-state index contributed by atoms with van der Waals surface area (Å²) in [6.07, 6.45) is 0. The molecule has 1 heterocycles. The molecule has 1 aromatic heterocycles. The largest absolute Gasteiger partial charge is 0.375 e. The van der Waals surface area contributed by atoms with Gasteiger partial charge in [0.15, 0.2) is 5.82 Å². The lowest BCUT2D eigenvalue weighted by molar-refractivity contribution is -0.119. The first kappa shape index (κ1) is 13.7. The van der Waals surface area contributed by atoms with E-state index in [2.05, 4.69) is 15.6 Å². The van der Waals surface area contributed by atoms with Gasteiger partial charge in [0.25, 0.3) is 5.91 Å². The molecule has 20 heavy (non-hydrogen) atoms. The van der Waals surface area contributed by atoms with E-state index in [0.29, 0.717) is 6.54 Å². The van der Waals surface area contributed by atoms with Gasteiger partial charge in [0, 0.05) is 7.11 Å². The molecule has 2 rings (SSSR count). The Kier molecular flexibility index (Phi) is 4.42. The molecule has 1 aromatic carbocycles. The Balaban J connectivity index is 2.23. The highest BCUT2D eigenvalue weighted by atomic mass is 16.5. The van der Waals surface area contributed by atoms with Crippen molar-refractivity contribution < 1.29 is 9.53 Å². The average molecular weight is 271 g/mol. The number of nitriles is 1. The van der Waals surface area contributed by atoms with Crippen molar-refractivity contribution in [1.29, 1.82) is 5.26 Å². The topological polar surface area (TPSA) is 92.8 Å². The highest BCUT2D eigenvalue weighted by Crippen LogP contribution is 2.13. The maximum atomic E-state index is 11.6. The molecule has 0 bridgehead atoms. The van der Waals surface area contributed by atoms with E-state index in [1.54, 1.807) is 0 Å². The third kappa shape index (κ3) is 3.18. The second-order valence-corrected chi connectivity index (χ2v) is 4.02. The molecule has 7 heteroatoms. The fourth-order valence-corrected chi connectivity index (χ4v) is 1.68. The molecule has 0 aliphatic carbocycles. The lowest BCUT2D eigenvalue weighted by atomic mass is 10.2. The zero-order valence-electron chi connectivity index (χ0n) is 10.9. The highest BCUT2D eigenvalue weighted by molar-refractivity contribution is 5.91. The minimum Gasteiger partial charge on any atom is -0.375 e. The fourth-order valence-electron chi connectivity index (χ4n) is 1.68. The summed E-state index contributed by atoms with van der Waals surface area (Å²) < 4.78 is 6.21. The Morgan fingerprint density at radius 1 is 1.45 bits per heavy atom. The molecule has 1 N–H and O–H groups in total. The van der Waals surface area contributed by atoms with E-state index in [4.69, 9.17) is 10.00 Å². The van der Waals surface area contributed by atoms with E-state index in [0.717, 1.165) is 5.56 Å². The van der Waals surface area contributed by atoms with Gasteiger partial charge in [0.2, 0.25) is 5.69 Å². The maximum Gasteiger partial charge on any atom is 0.251 e. The normalized spacial score (nSPS) is 10.0. The maximum absolute atomic E-state index is 11.6. The van der Waals surface area contributed by atoms with Crippen molar-refractivity contribution >= 4 is 11.7 Å². The summed E-state index contributed by atoms with van der Waals surface area (Å²) in [5, 5.41) is 19.2. The SMILES string of the molecule is COCC(=O)Nc1c(C#N)nnn1Cc1ccccc1. The number of ether oxygens (including phenoxy) is 1. The molecule has 0 fully saturated rings. The second-order valence-electron chi connectivity index (χ2n) is 4.02. The Labute approximate surface area is 115 Å². The quantitative estimate of drug-likeness (QED) is 0.867. The molecule has 0 spiro atoms. The van der Waals surface area contributed by atoms with E-state index in [9.17, 15) is 4.79 Å². The van der Waals surface area contributed by atoms with Crippen LogP contribution in [0.5, 0.6) is 0 Å². The smallest absolute Gasteiger partial charge is 0.251 e. The van der Waals surface area contributed by atoms with Crippen molar-refractivity contribution in [3.05, 3.63) is 41.6 Å². The molecule has 0 radical (unpaired) electrons. The number of rotatable bonds is 5. The highest BCUT2D eigenvalue weighted by Gasteiger charge is 2.15. The number of carbonyl (C=O) groups is 1. The van der Waals surface area contributed by atoms with E-state index < -0.39 is 0 Å². The number of benzene rings is 1. The molecular formula is C13H13N5O2. The van der Waals surface area contributed by atoms with Crippen molar-refractivity contribution in [1.82, 2.24) is 15.0 Å². The summed E-state index contributed by atoms with van der Waals surface area (Å²) >= 11 is 0. The van der Waals surface area contributed by atoms with Gasteiger partial charge in [-0.25, -0.2) is 4.68 Å². The van der Waals surface area contributed by atoms with Gasteiger partial charge in [-0.15, -0.1) is 5.10 Å². The molecular weight excluding hydrogens is 258 g/mol. The Bertz CT molecular complexity index is 630. The zero-order chi connectivity index (χ0) is 14.4. The van der Waals surface area contributed by atoms with Crippen LogP contribution in [0.4, 0.5) is 5.82 Å².